The lowest BCUT2D eigenvalue weighted by atomic mass is 9.97. The van der Waals surface area contributed by atoms with Gasteiger partial charge >= 0.3 is 24.0 Å². The summed E-state index contributed by atoms with van der Waals surface area (Å²) in [5.41, 5.74) is -0.195. The maximum Gasteiger partial charge on any atom is 0.460 e. The number of benzene rings is 3. The van der Waals surface area contributed by atoms with Crippen LogP contribution in [0.3, 0.4) is 0 Å². The van der Waals surface area contributed by atoms with Crippen molar-refractivity contribution in [3.05, 3.63) is 60.2 Å². The number of rotatable bonds is 4. The summed E-state index contributed by atoms with van der Waals surface area (Å²) < 4.78 is 93.8. The highest BCUT2D eigenvalue weighted by atomic mass is 19.4. The summed E-state index contributed by atoms with van der Waals surface area (Å²) in [6.45, 7) is -2.42. The van der Waals surface area contributed by atoms with Gasteiger partial charge in [0, 0.05) is 0 Å². The van der Waals surface area contributed by atoms with Crippen LogP contribution in [0.5, 0.6) is 0 Å². The van der Waals surface area contributed by atoms with E-state index in [1.165, 1.54) is 12.1 Å². The fraction of sp³-hybridized carbons (Fsp3) is 0.211. The molecule has 0 bridgehead atoms. The van der Waals surface area contributed by atoms with Gasteiger partial charge in [-0.1, -0.05) is 48.5 Å². The Morgan fingerprint density at radius 2 is 1.25 bits per heavy atom. The third kappa shape index (κ3) is 3.25. The van der Waals surface area contributed by atoms with Gasteiger partial charge in [-0.2, -0.15) is 30.7 Å². The lowest BCUT2D eigenvalue weighted by molar-refractivity contribution is -0.359. The van der Waals surface area contributed by atoms with Crippen LogP contribution in [0.1, 0.15) is 10.4 Å². The topological polar surface area (TPSA) is 26.3 Å². The van der Waals surface area contributed by atoms with Gasteiger partial charge in [0.05, 0.1) is 5.56 Å². The average molecular weight is 404 g/mol. The quantitative estimate of drug-likeness (QED) is 0.304. The van der Waals surface area contributed by atoms with Crippen molar-refractivity contribution in [1.29, 1.82) is 0 Å². The van der Waals surface area contributed by atoms with Crippen molar-refractivity contribution in [3.63, 3.8) is 0 Å². The van der Waals surface area contributed by atoms with E-state index in [9.17, 15) is 35.5 Å². The Labute approximate surface area is 153 Å². The molecule has 0 unspecified atom stereocenters. The van der Waals surface area contributed by atoms with E-state index in [1.807, 2.05) is 0 Å². The number of hydrogen-bond acceptors (Lipinski definition) is 2. The first kappa shape index (κ1) is 19.9. The maximum absolute atomic E-state index is 13.5. The predicted molar refractivity (Wildman–Crippen MR) is 87.7 cm³/mol. The van der Waals surface area contributed by atoms with Crippen molar-refractivity contribution < 1.29 is 40.3 Å². The van der Waals surface area contributed by atoms with Gasteiger partial charge < -0.3 is 4.74 Å². The molecule has 28 heavy (non-hydrogen) atoms. The molecule has 3 rings (SSSR count). The van der Waals surface area contributed by atoms with Crippen LogP contribution in [0.15, 0.2) is 54.6 Å². The molecule has 0 spiro atoms. The van der Waals surface area contributed by atoms with Crippen molar-refractivity contribution in [2.75, 3.05) is 6.61 Å². The molecule has 0 aliphatic carbocycles. The Bertz CT molecular complexity index is 987. The average Bonchev–Trinajstić information content (AvgIpc) is 2.63. The van der Waals surface area contributed by atoms with Crippen molar-refractivity contribution in [2.24, 2.45) is 0 Å². The highest BCUT2D eigenvalue weighted by molar-refractivity contribution is 6.16. The van der Waals surface area contributed by atoms with Crippen molar-refractivity contribution in [3.8, 4) is 0 Å². The molecule has 0 N–H and O–H groups in total. The Morgan fingerprint density at radius 1 is 0.786 bits per heavy atom. The van der Waals surface area contributed by atoms with Crippen LogP contribution in [-0.4, -0.2) is 30.6 Å². The summed E-state index contributed by atoms with van der Waals surface area (Å²) in [6, 6.07) is 14.4. The van der Waals surface area contributed by atoms with Crippen LogP contribution in [-0.2, 0) is 4.74 Å². The second kappa shape index (κ2) is 6.65. The van der Waals surface area contributed by atoms with Crippen LogP contribution in [0, 0.1) is 0 Å². The number of carbonyl (C=O) groups is 1. The third-order valence-corrected chi connectivity index (χ3v) is 4.18. The Balaban J connectivity index is 2.00. The Morgan fingerprint density at radius 3 is 1.71 bits per heavy atom. The minimum Gasteiger partial charge on any atom is -0.455 e. The lowest BCUT2D eigenvalue weighted by Crippen LogP contribution is -2.54. The fourth-order valence-corrected chi connectivity index (χ4v) is 2.76. The van der Waals surface area contributed by atoms with Gasteiger partial charge in [-0.15, -0.1) is 0 Å². The molecule has 0 amide bonds. The zero-order chi connectivity index (χ0) is 20.7. The van der Waals surface area contributed by atoms with Crippen LogP contribution < -0.4 is 0 Å². The first-order chi connectivity index (χ1) is 13.0. The number of ether oxygens (including phenoxy) is 1. The lowest BCUT2D eigenvalue weighted by Gasteiger charge is -2.27. The van der Waals surface area contributed by atoms with Gasteiger partial charge in [0.15, 0.2) is 6.61 Å². The van der Waals surface area contributed by atoms with E-state index in [-0.39, 0.29) is 16.3 Å². The molecule has 0 saturated heterocycles. The maximum atomic E-state index is 13.5. The third-order valence-electron chi connectivity index (χ3n) is 4.18. The summed E-state index contributed by atoms with van der Waals surface area (Å²) >= 11 is 0. The van der Waals surface area contributed by atoms with Crippen molar-refractivity contribution in [1.82, 2.24) is 0 Å². The largest absolute Gasteiger partial charge is 0.460 e. The minimum atomic E-state index is -6.49. The van der Waals surface area contributed by atoms with Crippen molar-refractivity contribution in [2.45, 2.75) is 18.0 Å². The summed E-state index contributed by atoms with van der Waals surface area (Å²) in [5.74, 6) is -13.4. The predicted octanol–water partition coefficient (Wildman–Crippen LogP) is 5.98. The molecule has 0 heterocycles. The van der Waals surface area contributed by atoms with E-state index in [0.717, 1.165) is 0 Å². The van der Waals surface area contributed by atoms with Gasteiger partial charge in [0.1, 0.15) is 0 Å². The number of alkyl halides is 7. The van der Waals surface area contributed by atoms with E-state index in [0.29, 0.717) is 10.8 Å². The Kier molecular flexibility index (Phi) is 4.73. The second-order valence-electron chi connectivity index (χ2n) is 6.05. The van der Waals surface area contributed by atoms with Gasteiger partial charge in [0.25, 0.3) is 0 Å². The molecule has 0 radical (unpaired) electrons. The molecule has 0 fully saturated rings. The summed E-state index contributed by atoms with van der Waals surface area (Å²) in [5, 5.41) is 1.66. The van der Waals surface area contributed by atoms with E-state index in [4.69, 9.17) is 0 Å². The van der Waals surface area contributed by atoms with Gasteiger partial charge in [0.2, 0.25) is 0 Å². The van der Waals surface area contributed by atoms with Crippen LogP contribution in [0.2, 0.25) is 0 Å². The molecule has 3 aromatic rings. The van der Waals surface area contributed by atoms with Crippen LogP contribution in [0.25, 0.3) is 21.5 Å². The SMILES string of the molecule is O=C(OCC(F)(F)C(F)(F)C(F)(F)F)c1c2ccccc2cc2ccccc12. The molecule has 0 saturated carbocycles. The van der Waals surface area contributed by atoms with Gasteiger partial charge in [-0.05, 0) is 27.6 Å². The summed E-state index contributed by atoms with van der Waals surface area (Å²) in [4.78, 5) is 12.4. The molecule has 0 aliphatic rings. The second-order valence-corrected chi connectivity index (χ2v) is 6.05. The molecule has 0 atom stereocenters. The first-order valence-electron chi connectivity index (χ1n) is 7.86. The van der Waals surface area contributed by atoms with E-state index >= 15 is 0 Å². The molecule has 0 aromatic heterocycles. The molecular weight excluding hydrogens is 393 g/mol. The molecular formula is C19H11F7O2. The zero-order valence-corrected chi connectivity index (χ0v) is 13.9. The number of fused-ring (bicyclic) bond motifs is 2. The molecule has 0 aliphatic heterocycles. The minimum absolute atomic E-state index is 0.195. The molecule has 9 heteroatoms. The van der Waals surface area contributed by atoms with Gasteiger partial charge in [-0.3, -0.25) is 0 Å². The summed E-state index contributed by atoms with van der Waals surface area (Å²) in [6.07, 6.45) is -6.49. The number of esters is 1. The first-order valence-corrected chi connectivity index (χ1v) is 7.86. The number of hydrogen-bond donors (Lipinski definition) is 0. The van der Waals surface area contributed by atoms with Gasteiger partial charge in [-0.25, -0.2) is 4.79 Å². The molecule has 2 nitrogen and oxygen atoms in total. The number of carbonyl (C=O) groups excluding carboxylic acids is 1. The molecule has 148 valence electrons. The van der Waals surface area contributed by atoms with E-state index < -0.39 is 30.6 Å². The Hall–Kier alpha value is -2.84. The van der Waals surface area contributed by atoms with Crippen LogP contribution >= 0.6 is 0 Å². The highest BCUT2D eigenvalue weighted by Crippen LogP contribution is 2.46. The van der Waals surface area contributed by atoms with E-state index in [2.05, 4.69) is 4.74 Å². The zero-order valence-electron chi connectivity index (χ0n) is 13.9. The number of halogens is 7. The van der Waals surface area contributed by atoms with Crippen LogP contribution in [0.4, 0.5) is 30.7 Å². The smallest absolute Gasteiger partial charge is 0.455 e. The van der Waals surface area contributed by atoms with Crippen molar-refractivity contribution >= 4 is 27.5 Å². The highest BCUT2D eigenvalue weighted by Gasteiger charge is 2.73. The standard InChI is InChI=1S/C19H11F7O2/c20-17(21,18(22,23)19(24,25)26)10-28-16(27)15-13-7-3-1-5-11(13)9-12-6-2-4-8-14(12)15/h1-9H,10H2. The normalized spacial score (nSPS) is 13.1. The molecule has 3 aromatic carbocycles. The monoisotopic (exact) mass is 404 g/mol. The van der Waals surface area contributed by atoms with E-state index in [1.54, 1.807) is 42.5 Å². The summed E-state index contributed by atoms with van der Waals surface area (Å²) in [7, 11) is 0. The fourth-order valence-electron chi connectivity index (χ4n) is 2.76.